The number of carbonyl (C=O) groups excluding carboxylic acids is 1. The molecule has 44 heavy (non-hydrogen) atoms. The van der Waals surface area contributed by atoms with Crippen LogP contribution in [0.2, 0.25) is 0 Å². The molecule has 0 saturated heterocycles. The Balaban J connectivity index is 1.51. The topological polar surface area (TPSA) is 136 Å². The van der Waals surface area contributed by atoms with Crippen molar-refractivity contribution in [1.82, 2.24) is 14.9 Å². The fourth-order valence-electron chi connectivity index (χ4n) is 4.16. The maximum Gasteiger partial charge on any atom is 0.327 e. The van der Waals surface area contributed by atoms with Crippen LogP contribution >= 0.6 is 0 Å². The van der Waals surface area contributed by atoms with Crippen LogP contribution in [0.25, 0.3) is 0 Å². The second-order valence-corrected chi connectivity index (χ2v) is 9.86. The van der Waals surface area contributed by atoms with E-state index in [9.17, 15) is 10.1 Å². The fraction of sp³-hybridized carbons (Fsp3) is 0.118. The molecule has 1 heterocycles. The minimum Gasteiger partial charge on any atom is -0.485 e. The molecule has 1 amide bonds. The standard InChI is InChI=1S/C34H30N6O4/c1-40(2)33(41)26-15-9-10-16-27(26)43-32-30(36)31(37-21-23-11-5-3-6-12-23)38-34(39-32)44-29-19-25(20-35)17-18-28(29)42-22-24-13-7-4-8-14-24/h3-19H,21-22,36H2,1-2H3,(H,37,38,39). The van der Waals surface area contributed by atoms with Gasteiger partial charge in [-0.3, -0.25) is 4.79 Å². The molecule has 0 spiro atoms. The number of nitrogens with two attached hydrogens (primary N) is 1. The first-order valence-electron chi connectivity index (χ1n) is 13.7. The molecule has 5 aromatic rings. The summed E-state index contributed by atoms with van der Waals surface area (Å²) < 4.78 is 18.3. The van der Waals surface area contributed by atoms with Gasteiger partial charge in [-0.2, -0.15) is 15.2 Å². The molecule has 0 aliphatic carbocycles. The largest absolute Gasteiger partial charge is 0.485 e. The number of anilines is 2. The van der Waals surface area contributed by atoms with E-state index in [0.29, 0.717) is 23.4 Å². The number of hydrogen-bond donors (Lipinski definition) is 2. The molecule has 4 aromatic carbocycles. The van der Waals surface area contributed by atoms with Gasteiger partial charge in [0.25, 0.3) is 11.8 Å². The molecule has 10 nitrogen and oxygen atoms in total. The molecule has 1 aromatic heterocycles. The van der Waals surface area contributed by atoms with Gasteiger partial charge in [0.15, 0.2) is 17.3 Å². The Morgan fingerprint density at radius 2 is 1.52 bits per heavy atom. The molecular weight excluding hydrogens is 556 g/mol. The molecule has 3 N–H and O–H groups in total. The third kappa shape index (κ3) is 7.21. The summed E-state index contributed by atoms with van der Waals surface area (Å²) in [5.74, 6) is 0.862. The summed E-state index contributed by atoms with van der Waals surface area (Å²) in [6.45, 7) is 0.687. The predicted octanol–water partition coefficient (Wildman–Crippen LogP) is 6.41. The first-order chi connectivity index (χ1) is 21.4. The molecular formula is C34H30N6O4. The predicted molar refractivity (Wildman–Crippen MR) is 167 cm³/mol. The highest BCUT2D eigenvalue weighted by Crippen LogP contribution is 2.37. The molecule has 10 heteroatoms. The molecule has 0 atom stereocenters. The zero-order chi connectivity index (χ0) is 30.9. The lowest BCUT2D eigenvalue weighted by Crippen LogP contribution is -2.22. The number of benzene rings is 4. The van der Waals surface area contributed by atoms with E-state index in [1.54, 1.807) is 56.6 Å². The Hall–Kier alpha value is -6.08. The lowest BCUT2D eigenvalue weighted by atomic mass is 10.2. The normalized spacial score (nSPS) is 10.4. The molecule has 0 radical (unpaired) electrons. The maximum atomic E-state index is 12.8. The van der Waals surface area contributed by atoms with E-state index in [2.05, 4.69) is 21.4 Å². The summed E-state index contributed by atoms with van der Waals surface area (Å²) in [5, 5.41) is 12.8. The van der Waals surface area contributed by atoms with Crippen molar-refractivity contribution in [2.24, 2.45) is 0 Å². The number of carbonyl (C=O) groups is 1. The van der Waals surface area contributed by atoms with E-state index in [1.165, 1.54) is 4.90 Å². The highest BCUT2D eigenvalue weighted by atomic mass is 16.5. The monoisotopic (exact) mass is 586 g/mol. The molecule has 0 bridgehead atoms. The fourth-order valence-corrected chi connectivity index (χ4v) is 4.16. The Morgan fingerprint density at radius 3 is 2.23 bits per heavy atom. The van der Waals surface area contributed by atoms with Crippen LogP contribution < -0.4 is 25.3 Å². The van der Waals surface area contributed by atoms with Crippen LogP contribution in [-0.2, 0) is 13.2 Å². The summed E-state index contributed by atoms with van der Waals surface area (Å²) in [4.78, 5) is 23.3. The van der Waals surface area contributed by atoms with Gasteiger partial charge >= 0.3 is 6.01 Å². The van der Waals surface area contributed by atoms with Gasteiger partial charge in [0.2, 0.25) is 0 Å². The minimum atomic E-state index is -0.249. The Morgan fingerprint density at radius 1 is 0.841 bits per heavy atom. The SMILES string of the molecule is CN(C)C(=O)c1ccccc1Oc1nc(Oc2cc(C#N)ccc2OCc2ccccc2)nc(NCc2ccccc2)c1N. The van der Waals surface area contributed by atoms with Crippen molar-refractivity contribution in [3.8, 4) is 35.2 Å². The lowest BCUT2D eigenvalue weighted by molar-refractivity contribution is 0.0825. The van der Waals surface area contributed by atoms with Gasteiger partial charge < -0.3 is 30.2 Å². The molecule has 5 rings (SSSR count). The van der Waals surface area contributed by atoms with E-state index in [-0.39, 0.29) is 47.4 Å². The third-order valence-corrected chi connectivity index (χ3v) is 6.43. The first-order valence-corrected chi connectivity index (χ1v) is 13.7. The number of aromatic nitrogens is 2. The molecule has 220 valence electrons. The van der Waals surface area contributed by atoms with Gasteiger partial charge in [-0.05, 0) is 35.4 Å². The van der Waals surface area contributed by atoms with E-state index in [1.807, 2.05) is 60.7 Å². The van der Waals surface area contributed by atoms with Gasteiger partial charge in [-0.1, -0.05) is 72.8 Å². The zero-order valence-electron chi connectivity index (χ0n) is 24.2. The van der Waals surface area contributed by atoms with Crippen molar-refractivity contribution in [3.05, 3.63) is 125 Å². The molecule has 0 aliphatic heterocycles. The molecule has 0 unspecified atom stereocenters. The van der Waals surface area contributed by atoms with Crippen molar-refractivity contribution < 1.29 is 19.0 Å². The van der Waals surface area contributed by atoms with Crippen LogP contribution in [0.3, 0.4) is 0 Å². The van der Waals surface area contributed by atoms with E-state index in [0.717, 1.165) is 11.1 Å². The number of para-hydroxylation sites is 1. The number of nitriles is 1. The average Bonchev–Trinajstić information content (AvgIpc) is 3.05. The van der Waals surface area contributed by atoms with E-state index >= 15 is 0 Å². The average molecular weight is 587 g/mol. The van der Waals surface area contributed by atoms with E-state index < -0.39 is 0 Å². The smallest absolute Gasteiger partial charge is 0.327 e. The quantitative estimate of drug-likeness (QED) is 0.180. The minimum absolute atomic E-state index is 0.0206. The summed E-state index contributed by atoms with van der Waals surface area (Å²) in [5.41, 5.74) is 9.26. The number of amides is 1. The van der Waals surface area contributed by atoms with Crippen molar-refractivity contribution in [2.75, 3.05) is 25.1 Å². The van der Waals surface area contributed by atoms with Crippen LogP contribution in [0.5, 0.6) is 29.1 Å². The van der Waals surface area contributed by atoms with Crippen molar-refractivity contribution in [1.29, 1.82) is 5.26 Å². The van der Waals surface area contributed by atoms with Crippen LogP contribution in [0, 0.1) is 11.3 Å². The Kier molecular flexibility index (Phi) is 9.17. The van der Waals surface area contributed by atoms with Crippen LogP contribution in [0.1, 0.15) is 27.0 Å². The molecule has 0 aliphatic rings. The van der Waals surface area contributed by atoms with Gasteiger partial charge in [-0.15, -0.1) is 0 Å². The molecule has 0 fully saturated rings. The van der Waals surface area contributed by atoms with E-state index in [4.69, 9.17) is 19.9 Å². The van der Waals surface area contributed by atoms with Gasteiger partial charge in [0, 0.05) is 26.7 Å². The van der Waals surface area contributed by atoms with Gasteiger partial charge in [-0.25, -0.2) is 0 Å². The van der Waals surface area contributed by atoms with Gasteiger partial charge in [0.05, 0.1) is 17.2 Å². The highest BCUT2D eigenvalue weighted by molar-refractivity contribution is 5.96. The Labute approximate surface area is 255 Å². The number of ether oxygens (including phenoxy) is 3. The first kappa shape index (κ1) is 29.4. The third-order valence-electron chi connectivity index (χ3n) is 6.43. The van der Waals surface area contributed by atoms with Crippen LogP contribution in [0.4, 0.5) is 11.5 Å². The second-order valence-electron chi connectivity index (χ2n) is 9.86. The lowest BCUT2D eigenvalue weighted by Gasteiger charge is -2.17. The van der Waals surface area contributed by atoms with Crippen molar-refractivity contribution in [3.63, 3.8) is 0 Å². The highest BCUT2D eigenvalue weighted by Gasteiger charge is 2.21. The molecule has 0 saturated carbocycles. The zero-order valence-corrected chi connectivity index (χ0v) is 24.2. The number of hydrogen-bond acceptors (Lipinski definition) is 9. The number of nitrogens with one attached hydrogen (secondary N) is 1. The van der Waals surface area contributed by atoms with Crippen molar-refractivity contribution >= 4 is 17.4 Å². The number of nitrogens with zero attached hydrogens (tertiary/aromatic N) is 4. The van der Waals surface area contributed by atoms with Crippen LogP contribution in [0.15, 0.2) is 103 Å². The Bertz CT molecular complexity index is 1790. The number of nitrogen functional groups attached to an aromatic ring is 1. The maximum absolute atomic E-state index is 12.8. The summed E-state index contributed by atoms with van der Waals surface area (Å²) >= 11 is 0. The van der Waals surface area contributed by atoms with Gasteiger partial charge in [0.1, 0.15) is 18.0 Å². The summed E-state index contributed by atoms with van der Waals surface area (Å²) in [6.07, 6.45) is 0. The summed E-state index contributed by atoms with van der Waals surface area (Å²) in [6, 6.07) is 33.0. The van der Waals surface area contributed by atoms with Crippen molar-refractivity contribution in [2.45, 2.75) is 13.2 Å². The second kappa shape index (κ2) is 13.7. The van der Waals surface area contributed by atoms with Crippen LogP contribution in [-0.4, -0.2) is 34.9 Å². The number of rotatable bonds is 11. The summed E-state index contributed by atoms with van der Waals surface area (Å²) in [7, 11) is 3.31.